The van der Waals surface area contributed by atoms with Crippen molar-refractivity contribution in [3.63, 3.8) is 0 Å². The van der Waals surface area contributed by atoms with Crippen molar-refractivity contribution in [2.75, 3.05) is 0 Å². The van der Waals surface area contributed by atoms with E-state index in [-0.39, 0.29) is 6.10 Å². The summed E-state index contributed by atoms with van der Waals surface area (Å²) in [5.74, 6) is 0. The van der Waals surface area contributed by atoms with E-state index in [1.54, 1.807) is 0 Å². The van der Waals surface area contributed by atoms with E-state index in [0.29, 0.717) is 0 Å². The molecule has 4 aromatic carbocycles. The molecule has 4 aromatic rings. The Balaban J connectivity index is 1.82. The molecule has 0 saturated heterocycles. The molecule has 0 saturated carbocycles. The Hall–Kier alpha value is -3.20. The van der Waals surface area contributed by atoms with Gasteiger partial charge in [0.05, 0.1) is 6.10 Å². The highest BCUT2D eigenvalue weighted by atomic mass is 28.4. The molecule has 0 aliphatic carbocycles. The predicted octanol–water partition coefficient (Wildman–Crippen LogP) is 6.46. The minimum Gasteiger partial charge on any atom is -0.397 e. The topological polar surface area (TPSA) is 9.23 Å². The average Bonchev–Trinajstić information content (AvgIpc) is 2.85. The lowest BCUT2D eigenvalue weighted by Crippen LogP contribution is -2.63. The van der Waals surface area contributed by atoms with Crippen LogP contribution in [0.25, 0.3) is 5.57 Å². The standard InChI is InChI=1S/C31H30OSi/c1-23-13-7-10-18-28(23)27-21-29(26-16-5-4-6-17-26)32-33(22-27,30-19-11-8-14-24(30)2)31-20-12-9-15-25(31)3/h4-20,22,29H,21H2,1-3H3. The molecule has 1 nitrogen and oxygen atoms in total. The zero-order valence-corrected chi connectivity index (χ0v) is 20.6. The lowest BCUT2D eigenvalue weighted by molar-refractivity contribution is 0.207. The van der Waals surface area contributed by atoms with Gasteiger partial charge in [-0.2, -0.15) is 0 Å². The van der Waals surface area contributed by atoms with Crippen molar-refractivity contribution in [2.24, 2.45) is 0 Å². The van der Waals surface area contributed by atoms with E-state index >= 15 is 0 Å². The molecule has 0 aromatic heterocycles. The Morgan fingerprint density at radius 1 is 0.606 bits per heavy atom. The molecule has 0 amide bonds. The van der Waals surface area contributed by atoms with E-state index in [2.05, 4.69) is 130 Å². The van der Waals surface area contributed by atoms with Crippen LogP contribution in [0.3, 0.4) is 0 Å². The molecule has 0 bridgehead atoms. The van der Waals surface area contributed by atoms with Crippen LogP contribution in [0.4, 0.5) is 0 Å². The molecule has 0 spiro atoms. The highest BCUT2D eigenvalue weighted by molar-refractivity contribution is 7.02. The molecule has 1 aliphatic heterocycles. The maximum atomic E-state index is 7.35. The molecule has 33 heavy (non-hydrogen) atoms. The van der Waals surface area contributed by atoms with Crippen LogP contribution in [0, 0.1) is 20.8 Å². The molecule has 2 heteroatoms. The van der Waals surface area contributed by atoms with Gasteiger partial charge in [-0.15, -0.1) is 0 Å². The van der Waals surface area contributed by atoms with E-state index in [1.165, 1.54) is 43.8 Å². The van der Waals surface area contributed by atoms with Crippen LogP contribution in [0.15, 0.2) is 109 Å². The van der Waals surface area contributed by atoms with Gasteiger partial charge < -0.3 is 4.43 Å². The van der Waals surface area contributed by atoms with Gasteiger partial charge in [-0.25, -0.2) is 0 Å². The van der Waals surface area contributed by atoms with Gasteiger partial charge in [-0.1, -0.05) is 109 Å². The van der Waals surface area contributed by atoms with Crippen molar-refractivity contribution in [3.05, 3.63) is 137 Å². The highest BCUT2D eigenvalue weighted by Crippen LogP contribution is 2.39. The summed E-state index contributed by atoms with van der Waals surface area (Å²) in [7, 11) is -2.70. The third-order valence-electron chi connectivity index (χ3n) is 6.86. The van der Waals surface area contributed by atoms with Crippen LogP contribution in [0.5, 0.6) is 0 Å². The minimum absolute atomic E-state index is 0.0108. The number of aryl methyl sites for hydroxylation is 3. The van der Waals surface area contributed by atoms with Gasteiger partial charge in [0, 0.05) is 6.42 Å². The third kappa shape index (κ3) is 4.01. The van der Waals surface area contributed by atoms with E-state index in [9.17, 15) is 0 Å². The summed E-state index contributed by atoms with van der Waals surface area (Å²) in [6.45, 7) is 6.66. The summed E-state index contributed by atoms with van der Waals surface area (Å²) in [4.78, 5) is 0. The van der Waals surface area contributed by atoms with Crippen molar-refractivity contribution in [1.82, 2.24) is 0 Å². The van der Waals surface area contributed by atoms with Crippen LogP contribution >= 0.6 is 0 Å². The number of rotatable bonds is 4. The van der Waals surface area contributed by atoms with Crippen LogP contribution < -0.4 is 10.4 Å². The molecule has 0 fully saturated rings. The van der Waals surface area contributed by atoms with Crippen LogP contribution in [-0.4, -0.2) is 8.32 Å². The number of hydrogen-bond donors (Lipinski definition) is 0. The van der Waals surface area contributed by atoms with Gasteiger partial charge >= 0.3 is 0 Å². The minimum atomic E-state index is -2.70. The van der Waals surface area contributed by atoms with Gasteiger partial charge in [0.25, 0.3) is 8.32 Å². The maximum absolute atomic E-state index is 7.35. The van der Waals surface area contributed by atoms with Gasteiger partial charge in [0.2, 0.25) is 0 Å². The summed E-state index contributed by atoms with van der Waals surface area (Å²) in [6.07, 6.45) is 0.887. The molecule has 5 rings (SSSR count). The molecule has 1 atom stereocenters. The van der Waals surface area contributed by atoms with Crippen LogP contribution in [0.2, 0.25) is 0 Å². The summed E-state index contributed by atoms with van der Waals surface area (Å²) in [5.41, 5.74) is 10.4. The fourth-order valence-corrected chi connectivity index (χ4v) is 9.57. The lowest BCUT2D eigenvalue weighted by atomic mass is 9.94. The Kier molecular flexibility index (Phi) is 5.88. The smallest absolute Gasteiger partial charge is 0.282 e. The fraction of sp³-hybridized carbons (Fsp3) is 0.161. The zero-order chi connectivity index (χ0) is 22.8. The first kappa shape index (κ1) is 21.6. The summed E-state index contributed by atoms with van der Waals surface area (Å²) < 4.78 is 7.35. The van der Waals surface area contributed by atoms with Crippen molar-refractivity contribution < 1.29 is 4.43 Å². The molecule has 1 aliphatic rings. The largest absolute Gasteiger partial charge is 0.397 e. The molecular weight excluding hydrogens is 416 g/mol. The van der Waals surface area contributed by atoms with Gasteiger partial charge in [-0.3, -0.25) is 0 Å². The molecule has 0 N–H and O–H groups in total. The quantitative estimate of drug-likeness (QED) is 0.327. The van der Waals surface area contributed by atoms with Crippen molar-refractivity contribution >= 4 is 24.3 Å². The second kappa shape index (κ2) is 8.97. The Bertz CT molecular complexity index is 1260. The van der Waals surface area contributed by atoms with Crippen molar-refractivity contribution in [1.29, 1.82) is 0 Å². The van der Waals surface area contributed by atoms with Crippen molar-refractivity contribution in [2.45, 2.75) is 33.3 Å². The summed E-state index contributed by atoms with van der Waals surface area (Å²) in [5, 5.41) is 2.68. The third-order valence-corrected chi connectivity index (χ3v) is 11.0. The molecule has 1 heterocycles. The average molecular weight is 447 g/mol. The van der Waals surface area contributed by atoms with E-state index < -0.39 is 8.32 Å². The van der Waals surface area contributed by atoms with E-state index in [0.717, 1.165) is 6.42 Å². The van der Waals surface area contributed by atoms with Crippen LogP contribution in [0.1, 0.15) is 40.3 Å². The van der Waals surface area contributed by atoms with E-state index in [4.69, 9.17) is 4.43 Å². The Morgan fingerprint density at radius 2 is 1.12 bits per heavy atom. The lowest BCUT2D eigenvalue weighted by Gasteiger charge is -2.40. The van der Waals surface area contributed by atoms with Crippen molar-refractivity contribution in [3.8, 4) is 0 Å². The van der Waals surface area contributed by atoms with E-state index in [1.807, 2.05) is 0 Å². The predicted molar refractivity (Wildman–Crippen MR) is 141 cm³/mol. The summed E-state index contributed by atoms with van der Waals surface area (Å²) in [6, 6.07) is 37.1. The molecule has 0 radical (unpaired) electrons. The normalized spacial score (nSPS) is 17.4. The Labute approximate surface area is 198 Å². The van der Waals surface area contributed by atoms with Gasteiger partial charge in [0.1, 0.15) is 0 Å². The first-order chi connectivity index (χ1) is 16.1. The molecular formula is C31H30OSi. The molecule has 1 unspecified atom stereocenters. The first-order valence-corrected chi connectivity index (χ1v) is 13.7. The first-order valence-electron chi connectivity index (χ1n) is 11.7. The van der Waals surface area contributed by atoms with Gasteiger partial charge in [0.15, 0.2) is 0 Å². The zero-order valence-electron chi connectivity index (χ0n) is 19.6. The second-order valence-corrected chi connectivity index (χ2v) is 12.1. The Morgan fingerprint density at radius 3 is 1.70 bits per heavy atom. The monoisotopic (exact) mass is 446 g/mol. The number of benzene rings is 4. The highest BCUT2D eigenvalue weighted by Gasteiger charge is 2.45. The number of hydrogen-bond acceptors (Lipinski definition) is 1. The van der Waals surface area contributed by atoms with Crippen LogP contribution in [-0.2, 0) is 4.43 Å². The van der Waals surface area contributed by atoms with Gasteiger partial charge in [-0.05, 0) is 64.5 Å². The maximum Gasteiger partial charge on any atom is 0.282 e. The second-order valence-electron chi connectivity index (χ2n) is 9.07. The fourth-order valence-electron chi connectivity index (χ4n) is 5.19. The SMILES string of the molecule is Cc1ccccc1C1=C[Si](c2ccccc2C)(c2ccccc2C)OC(c2ccccc2)C1. The summed E-state index contributed by atoms with van der Waals surface area (Å²) >= 11 is 0. The molecule has 164 valence electrons.